The minimum atomic E-state index is -4.42. The number of pyridine rings is 1. The van der Waals surface area contributed by atoms with Crippen LogP contribution in [0.25, 0.3) is 12.2 Å². The van der Waals surface area contributed by atoms with E-state index in [0.717, 1.165) is 22.6 Å². The summed E-state index contributed by atoms with van der Waals surface area (Å²) in [5, 5.41) is 6.90. The fourth-order valence-electron chi connectivity index (χ4n) is 3.01. The number of nitrogens with one attached hydrogen (secondary N) is 2. The zero-order valence-electron chi connectivity index (χ0n) is 18.2. The third kappa shape index (κ3) is 6.13. The zero-order valence-corrected chi connectivity index (χ0v) is 19.0. The number of halogens is 3. The highest BCUT2D eigenvalue weighted by atomic mass is 32.1. The minimum absolute atomic E-state index is 0.124. The maximum absolute atomic E-state index is 13.0. The summed E-state index contributed by atoms with van der Waals surface area (Å²) in [7, 11) is 0. The summed E-state index contributed by atoms with van der Waals surface area (Å²) in [6.45, 7) is 3.89. The Morgan fingerprint density at radius 2 is 1.76 bits per heavy atom. The van der Waals surface area contributed by atoms with Crippen molar-refractivity contribution in [2.75, 3.05) is 10.6 Å². The van der Waals surface area contributed by atoms with Crippen LogP contribution >= 0.6 is 11.3 Å². The first-order valence-electron chi connectivity index (χ1n) is 10.2. The van der Waals surface area contributed by atoms with Crippen LogP contribution in [0, 0.1) is 6.92 Å². The molecular weight excluding hydrogens is 463 g/mol. The number of alkyl halides is 3. The molecule has 1 aromatic carbocycles. The highest BCUT2D eigenvalue weighted by molar-refractivity contribution is 7.15. The second kappa shape index (κ2) is 9.96. The highest BCUT2D eigenvalue weighted by Crippen LogP contribution is 2.30. The summed E-state index contributed by atoms with van der Waals surface area (Å²) >= 11 is 1.44. The van der Waals surface area contributed by atoms with E-state index in [1.807, 2.05) is 26.0 Å². The maximum atomic E-state index is 13.0. The molecule has 1 atom stereocenters. The molecule has 0 fully saturated rings. The summed E-state index contributed by atoms with van der Waals surface area (Å²) < 4.78 is 39.1. The van der Waals surface area contributed by atoms with E-state index >= 15 is 0 Å². The van der Waals surface area contributed by atoms with Gasteiger partial charge in [0, 0.05) is 23.5 Å². The number of rotatable bonds is 7. The SMILES string of the molecule is Cc1cnc(Nc2nc(/C=C/c3cccc(C(F)(F)F)c3)nc(NC(C)c3ccncc3)n2)s1. The summed E-state index contributed by atoms with van der Waals surface area (Å²) in [5.74, 6) is 0.837. The molecule has 0 radical (unpaired) electrons. The molecule has 0 saturated carbocycles. The van der Waals surface area contributed by atoms with E-state index in [0.29, 0.717) is 16.6 Å². The van der Waals surface area contributed by atoms with Crippen LogP contribution in [-0.4, -0.2) is 24.9 Å². The number of hydrogen-bond donors (Lipinski definition) is 2. The lowest BCUT2D eigenvalue weighted by Gasteiger charge is -2.14. The van der Waals surface area contributed by atoms with Crippen molar-refractivity contribution in [3.05, 3.63) is 82.4 Å². The molecule has 0 amide bonds. The molecule has 3 aromatic heterocycles. The van der Waals surface area contributed by atoms with Crippen molar-refractivity contribution < 1.29 is 13.2 Å². The lowest BCUT2D eigenvalue weighted by atomic mass is 10.1. The summed E-state index contributed by atoms with van der Waals surface area (Å²) in [6.07, 6.45) is 3.77. The lowest BCUT2D eigenvalue weighted by Crippen LogP contribution is -2.12. The summed E-state index contributed by atoms with van der Waals surface area (Å²) in [4.78, 5) is 22.5. The molecule has 0 aliphatic heterocycles. The molecule has 34 heavy (non-hydrogen) atoms. The van der Waals surface area contributed by atoms with Gasteiger partial charge in [-0.1, -0.05) is 18.2 Å². The van der Waals surface area contributed by atoms with Crippen LogP contribution in [0.2, 0.25) is 0 Å². The Bertz CT molecular complexity index is 1290. The van der Waals surface area contributed by atoms with Gasteiger partial charge in [0.05, 0.1) is 11.6 Å². The van der Waals surface area contributed by atoms with Crippen molar-refractivity contribution in [3.63, 3.8) is 0 Å². The van der Waals surface area contributed by atoms with Crippen LogP contribution in [0.3, 0.4) is 0 Å². The van der Waals surface area contributed by atoms with Gasteiger partial charge in [-0.3, -0.25) is 10.3 Å². The van der Waals surface area contributed by atoms with E-state index in [2.05, 4.69) is 35.6 Å². The predicted molar refractivity (Wildman–Crippen MR) is 127 cm³/mol. The van der Waals surface area contributed by atoms with Crippen molar-refractivity contribution in [3.8, 4) is 0 Å². The molecule has 11 heteroatoms. The molecule has 4 aromatic rings. The number of nitrogens with zero attached hydrogens (tertiary/aromatic N) is 5. The third-order valence-electron chi connectivity index (χ3n) is 4.68. The molecule has 2 N–H and O–H groups in total. The number of anilines is 3. The number of aromatic nitrogens is 5. The Morgan fingerprint density at radius 1 is 1.00 bits per heavy atom. The molecule has 0 aliphatic rings. The molecule has 4 rings (SSSR count). The number of thiazole rings is 1. The number of benzene rings is 1. The van der Waals surface area contributed by atoms with Crippen LogP contribution in [-0.2, 0) is 6.18 Å². The van der Waals surface area contributed by atoms with Gasteiger partial charge >= 0.3 is 6.18 Å². The molecule has 7 nitrogen and oxygen atoms in total. The number of hydrogen-bond acceptors (Lipinski definition) is 8. The van der Waals surface area contributed by atoms with Crippen molar-refractivity contribution in [1.29, 1.82) is 0 Å². The Labute approximate surface area is 197 Å². The average molecular weight is 484 g/mol. The van der Waals surface area contributed by atoms with Crippen LogP contribution in [0.1, 0.15) is 40.4 Å². The maximum Gasteiger partial charge on any atom is 0.416 e. The zero-order chi connectivity index (χ0) is 24.1. The van der Waals surface area contributed by atoms with Gasteiger partial charge in [-0.25, -0.2) is 4.98 Å². The topological polar surface area (TPSA) is 88.5 Å². The van der Waals surface area contributed by atoms with E-state index in [4.69, 9.17) is 0 Å². The molecule has 0 spiro atoms. The quantitative estimate of drug-likeness (QED) is 0.327. The monoisotopic (exact) mass is 483 g/mol. The van der Waals surface area contributed by atoms with Crippen molar-refractivity contribution in [2.24, 2.45) is 0 Å². The first-order valence-corrected chi connectivity index (χ1v) is 11.1. The molecule has 3 heterocycles. The van der Waals surface area contributed by atoms with E-state index in [-0.39, 0.29) is 17.8 Å². The van der Waals surface area contributed by atoms with Crippen LogP contribution < -0.4 is 10.6 Å². The predicted octanol–water partition coefficient (Wildman–Crippen LogP) is 6.14. The van der Waals surface area contributed by atoms with Gasteiger partial charge in [-0.05, 0) is 55.3 Å². The largest absolute Gasteiger partial charge is 0.416 e. The second-order valence-electron chi connectivity index (χ2n) is 7.35. The molecular formula is C23H20F3N7S. The standard InChI is InChI=1S/C23H20F3N7S/c1-14-13-28-22(34-14)33-21-31-19(7-6-16-4-3-5-18(12-16)23(24,25)26)30-20(32-21)29-15(2)17-8-10-27-11-9-17/h3-13,15H,1-2H3,(H2,28,29,30,31,32,33)/b7-6+. The summed E-state index contributed by atoms with van der Waals surface area (Å²) in [6, 6.07) is 8.67. The Balaban J connectivity index is 1.63. The normalized spacial score (nSPS) is 12.6. The first kappa shape index (κ1) is 23.3. The molecule has 0 aliphatic carbocycles. The van der Waals surface area contributed by atoms with Gasteiger partial charge in [-0.2, -0.15) is 28.1 Å². The van der Waals surface area contributed by atoms with Crippen LogP contribution in [0.15, 0.2) is 55.0 Å². The van der Waals surface area contributed by atoms with Crippen LogP contribution in [0.4, 0.5) is 30.2 Å². The first-order chi connectivity index (χ1) is 16.3. The average Bonchev–Trinajstić information content (AvgIpc) is 3.22. The van der Waals surface area contributed by atoms with Gasteiger partial charge in [0.2, 0.25) is 11.9 Å². The summed E-state index contributed by atoms with van der Waals surface area (Å²) in [5.41, 5.74) is 0.641. The van der Waals surface area contributed by atoms with Gasteiger partial charge in [0.15, 0.2) is 11.0 Å². The highest BCUT2D eigenvalue weighted by Gasteiger charge is 2.30. The van der Waals surface area contributed by atoms with E-state index in [1.165, 1.54) is 29.6 Å². The van der Waals surface area contributed by atoms with E-state index in [9.17, 15) is 13.2 Å². The third-order valence-corrected chi connectivity index (χ3v) is 5.51. The van der Waals surface area contributed by atoms with Crippen LogP contribution in [0.5, 0.6) is 0 Å². The lowest BCUT2D eigenvalue weighted by molar-refractivity contribution is -0.137. The van der Waals surface area contributed by atoms with Gasteiger partial charge in [-0.15, -0.1) is 11.3 Å². The van der Waals surface area contributed by atoms with E-state index in [1.54, 1.807) is 24.7 Å². The van der Waals surface area contributed by atoms with Crippen molar-refractivity contribution in [1.82, 2.24) is 24.9 Å². The molecule has 1 unspecified atom stereocenters. The molecule has 174 valence electrons. The van der Waals surface area contributed by atoms with Gasteiger partial charge < -0.3 is 5.32 Å². The fourth-order valence-corrected chi connectivity index (χ4v) is 3.67. The van der Waals surface area contributed by atoms with Crippen molar-refractivity contribution >= 4 is 40.5 Å². The van der Waals surface area contributed by atoms with Crippen molar-refractivity contribution in [2.45, 2.75) is 26.1 Å². The van der Waals surface area contributed by atoms with Gasteiger partial charge in [0.1, 0.15) is 0 Å². The fraction of sp³-hybridized carbons (Fsp3) is 0.174. The smallest absolute Gasteiger partial charge is 0.348 e. The molecule has 0 saturated heterocycles. The minimum Gasteiger partial charge on any atom is -0.348 e. The Hall–Kier alpha value is -3.86. The Morgan fingerprint density at radius 3 is 2.47 bits per heavy atom. The molecule has 0 bridgehead atoms. The van der Waals surface area contributed by atoms with E-state index < -0.39 is 11.7 Å². The Kier molecular flexibility index (Phi) is 6.82. The van der Waals surface area contributed by atoms with Gasteiger partial charge in [0.25, 0.3) is 0 Å². The second-order valence-corrected chi connectivity index (χ2v) is 8.58. The number of aryl methyl sites for hydroxylation is 1.